The summed E-state index contributed by atoms with van der Waals surface area (Å²) in [4.78, 5) is 29.5. The van der Waals surface area contributed by atoms with Gasteiger partial charge in [0.2, 0.25) is 0 Å². The lowest BCUT2D eigenvalue weighted by Crippen LogP contribution is -2.13. The summed E-state index contributed by atoms with van der Waals surface area (Å²) in [7, 11) is 2.96. The van der Waals surface area contributed by atoms with E-state index >= 15 is 0 Å². The monoisotopic (exact) mass is 464 g/mol. The summed E-state index contributed by atoms with van der Waals surface area (Å²) < 4.78 is 10.1. The smallest absolute Gasteiger partial charge is 0.299 e. The van der Waals surface area contributed by atoms with Crippen LogP contribution in [-0.4, -0.2) is 34.0 Å². The van der Waals surface area contributed by atoms with Gasteiger partial charge in [-0.15, -0.1) is 0 Å². The van der Waals surface area contributed by atoms with Crippen molar-refractivity contribution < 1.29 is 19.3 Å². The lowest BCUT2D eigenvalue weighted by Gasteiger charge is -2.18. The minimum atomic E-state index is -0.460. The second kappa shape index (κ2) is 9.65. The van der Waals surface area contributed by atoms with Crippen molar-refractivity contribution in [3.8, 4) is 11.5 Å². The van der Waals surface area contributed by atoms with Gasteiger partial charge in [-0.25, -0.2) is 9.97 Å². The van der Waals surface area contributed by atoms with E-state index in [1.165, 1.54) is 32.5 Å². The number of non-ortho nitro benzene ring substituents is 2. The Hall–Kier alpha value is -4.34. The third-order valence-electron chi connectivity index (χ3n) is 5.04. The fourth-order valence-corrected chi connectivity index (χ4v) is 3.27. The maximum atomic E-state index is 11.2. The average Bonchev–Trinajstić information content (AvgIpc) is 2.81. The van der Waals surface area contributed by atoms with Crippen LogP contribution in [0.15, 0.2) is 54.7 Å². The number of pyridine rings is 2. The van der Waals surface area contributed by atoms with Crippen LogP contribution in [0, 0.1) is 20.2 Å². The molecule has 10 heteroatoms. The highest BCUT2D eigenvalue weighted by atomic mass is 16.6. The summed E-state index contributed by atoms with van der Waals surface area (Å²) in [6.45, 7) is 6.07. The van der Waals surface area contributed by atoms with Crippen LogP contribution in [0.25, 0.3) is 21.8 Å². The fourth-order valence-electron chi connectivity index (χ4n) is 3.27. The molecule has 2 aromatic heterocycles. The van der Waals surface area contributed by atoms with Crippen LogP contribution in [-0.2, 0) is 5.41 Å². The molecular formula is C24H24N4O6. The zero-order valence-corrected chi connectivity index (χ0v) is 19.4. The van der Waals surface area contributed by atoms with Crippen LogP contribution in [0.4, 0.5) is 11.4 Å². The van der Waals surface area contributed by atoms with Crippen molar-refractivity contribution in [2.75, 3.05) is 14.2 Å². The molecule has 10 nitrogen and oxygen atoms in total. The molecule has 2 aromatic carbocycles. The van der Waals surface area contributed by atoms with Crippen LogP contribution < -0.4 is 9.47 Å². The van der Waals surface area contributed by atoms with Gasteiger partial charge in [0.25, 0.3) is 11.4 Å². The highest BCUT2D eigenvalue weighted by Gasteiger charge is 2.20. The fraction of sp³-hybridized carbons (Fsp3) is 0.250. The lowest BCUT2D eigenvalue weighted by molar-refractivity contribution is -0.383. The van der Waals surface area contributed by atoms with Crippen molar-refractivity contribution in [2.45, 2.75) is 26.2 Å². The standard InChI is InChI=1S/C14H16N2O3.C10H8N2O3/c1-14(2,3)12-6-5-9-7-10(19-4)8-11(16(17)18)13(9)15-12;1-15-8-5-7-3-2-4-11-10(7)9(6-8)12(13)14/h5-8H,1-4H3;2-6H,1H3. The number of hydrogen-bond donors (Lipinski definition) is 0. The Morgan fingerprint density at radius 2 is 1.32 bits per heavy atom. The van der Waals surface area contributed by atoms with Gasteiger partial charge in [0.1, 0.15) is 22.5 Å². The zero-order chi connectivity index (χ0) is 25.0. The highest BCUT2D eigenvalue weighted by molar-refractivity contribution is 5.89. The van der Waals surface area contributed by atoms with Gasteiger partial charge in [-0.2, -0.15) is 0 Å². The third-order valence-corrected chi connectivity index (χ3v) is 5.04. The second-order valence-electron chi connectivity index (χ2n) is 8.40. The van der Waals surface area contributed by atoms with E-state index in [2.05, 4.69) is 9.97 Å². The molecule has 0 N–H and O–H groups in total. The number of methoxy groups -OCH3 is 2. The number of nitro benzene ring substituents is 2. The van der Waals surface area contributed by atoms with E-state index in [0.29, 0.717) is 33.3 Å². The van der Waals surface area contributed by atoms with Gasteiger partial charge in [-0.3, -0.25) is 20.2 Å². The largest absolute Gasteiger partial charge is 0.496 e. The first-order valence-electron chi connectivity index (χ1n) is 10.3. The third kappa shape index (κ3) is 5.17. The molecule has 0 aliphatic rings. The SMILES string of the molecule is COc1cc([N+](=O)[O-])c2nc(C(C)(C)C)ccc2c1.COc1cc([N+](=O)[O-])c2ncccc2c1. The Morgan fingerprint density at radius 3 is 1.82 bits per heavy atom. The molecule has 4 aromatic rings. The van der Waals surface area contributed by atoms with E-state index in [1.54, 1.807) is 24.3 Å². The summed E-state index contributed by atoms with van der Waals surface area (Å²) in [6.07, 6.45) is 1.53. The number of nitro groups is 2. The zero-order valence-electron chi connectivity index (χ0n) is 19.4. The van der Waals surface area contributed by atoms with Crippen molar-refractivity contribution in [1.29, 1.82) is 0 Å². The molecule has 34 heavy (non-hydrogen) atoms. The number of nitrogens with zero attached hydrogens (tertiary/aromatic N) is 4. The van der Waals surface area contributed by atoms with Crippen molar-refractivity contribution >= 4 is 33.2 Å². The number of hydrogen-bond acceptors (Lipinski definition) is 8. The van der Waals surface area contributed by atoms with E-state index in [1.807, 2.05) is 32.9 Å². The molecule has 0 radical (unpaired) electrons. The lowest BCUT2D eigenvalue weighted by atomic mass is 9.91. The van der Waals surface area contributed by atoms with Crippen molar-refractivity contribution in [1.82, 2.24) is 9.97 Å². The predicted octanol–water partition coefficient (Wildman–Crippen LogP) is 5.60. The maximum Gasteiger partial charge on any atom is 0.299 e. The van der Waals surface area contributed by atoms with Gasteiger partial charge in [-0.1, -0.05) is 32.9 Å². The normalized spacial score (nSPS) is 11.0. The molecule has 0 spiro atoms. The van der Waals surface area contributed by atoms with Gasteiger partial charge < -0.3 is 9.47 Å². The van der Waals surface area contributed by atoms with Gasteiger partial charge in [0, 0.05) is 28.1 Å². The van der Waals surface area contributed by atoms with Gasteiger partial charge in [-0.05, 0) is 24.3 Å². The van der Waals surface area contributed by atoms with Crippen LogP contribution in [0.3, 0.4) is 0 Å². The first-order chi connectivity index (χ1) is 16.0. The number of fused-ring (bicyclic) bond motifs is 2. The first-order valence-corrected chi connectivity index (χ1v) is 10.3. The van der Waals surface area contributed by atoms with Gasteiger partial charge in [0.15, 0.2) is 0 Å². The Kier molecular flexibility index (Phi) is 6.90. The summed E-state index contributed by atoms with van der Waals surface area (Å²) in [5, 5.41) is 23.4. The molecule has 0 bridgehead atoms. The minimum Gasteiger partial charge on any atom is -0.496 e. The quantitative estimate of drug-likeness (QED) is 0.282. The summed E-state index contributed by atoms with van der Waals surface area (Å²) in [6, 6.07) is 13.5. The summed E-state index contributed by atoms with van der Waals surface area (Å²) in [5.41, 5.74) is 1.39. The average molecular weight is 464 g/mol. The molecule has 2 heterocycles. The Morgan fingerprint density at radius 1 is 0.794 bits per heavy atom. The molecule has 0 fully saturated rings. The molecule has 0 atom stereocenters. The van der Waals surface area contributed by atoms with E-state index in [0.717, 1.165) is 5.69 Å². The molecule has 0 saturated heterocycles. The van der Waals surface area contributed by atoms with E-state index in [9.17, 15) is 20.2 Å². The molecule has 176 valence electrons. The van der Waals surface area contributed by atoms with Crippen molar-refractivity contribution in [3.63, 3.8) is 0 Å². The predicted molar refractivity (Wildman–Crippen MR) is 129 cm³/mol. The highest BCUT2D eigenvalue weighted by Crippen LogP contribution is 2.32. The summed E-state index contributed by atoms with van der Waals surface area (Å²) >= 11 is 0. The van der Waals surface area contributed by atoms with Crippen LogP contribution in [0.2, 0.25) is 0 Å². The second-order valence-corrected chi connectivity index (χ2v) is 8.40. The van der Waals surface area contributed by atoms with Crippen LogP contribution >= 0.6 is 0 Å². The Labute approximate surface area is 195 Å². The van der Waals surface area contributed by atoms with Crippen molar-refractivity contribution in [2.24, 2.45) is 0 Å². The van der Waals surface area contributed by atoms with Crippen LogP contribution in [0.5, 0.6) is 11.5 Å². The van der Waals surface area contributed by atoms with Gasteiger partial charge in [0.05, 0.1) is 36.2 Å². The van der Waals surface area contributed by atoms with E-state index in [4.69, 9.17) is 9.47 Å². The Balaban J connectivity index is 0.000000196. The maximum absolute atomic E-state index is 11.2. The number of aromatic nitrogens is 2. The van der Waals surface area contributed by atoms with Crippen molar-refractivity contribution in [3.05, 3.63) is 80.7 Å². The minimum absolute atomic E-state index is 0.0274. The molecule has 0 aliphatic carbocycles. The molecule has 0 aliphatic heterocycles. The molecule has 0 unspecified atom stereocenters. The van der Waals surface area contributed by atoms with Crippen LogP contribution in [0.1, 0.15) is 26.5 Å². The van der Waals surface area contributed by atoms with E-state index < -0.39 is 9.85 Å². The first kappa shape index (κ1) is 24.3. The van der Waals surface area contributed by atoms with Gasteiger partial charge >= 0.3 is 0 Å². The molecule has 4 rings (SSSR count). The molecule has 0 amide bonds. The van der Waals surface area contributed by atoms with E-state index in [-0.39, 0.29) is 16.8 Å². The number of benzene rings is 2. The molecule has 0 saturated carbocycles. The molecular weight excluding hydrogens is 440 g/mol. The Bertz CT molecular complexity index is 1380. The number of rotatable bonds is 4. The topological polar surface area (TPSA) is 131 Å². The summed E-state index contributed by atoms with van der Waals surface area (Å²) in [5.74, 6) is 0.923. The number of ether oxygens (including phenoxy) is 2.